The summed E-state index contributed by atoms with van der Waals surface area (Å²) < 4.78 is 5.56. The lowest BCUT2D eigenvalue weighted by Gasteiger charge is -2.30. The predicted octanol–water partition coefficient (Wildman–Crippen LogP) is 4.30. The standard InChI is InChI=1S/C22H25ClN6O3/c1-11(2)17-22(4,5)32-21(31)29(17)20-25-10-24-19(28-20)26-12(3)15-9-13-8-14(23)6-7-16(13)27-18(15)30/h6-12,17H,1-5H3,(H,27,30)(H,24,25,26,28)/t12-,17?/m0/s1. The molecular formula is C22H25ClN6O3. The number of rotatable bonds is 5. The Morgan fingerprint density at radius 3 is 2.66 bits per heavy atom. The van der Waals surface area contributed by atoms with Gasteiger partial charge in [-0.2, -0.15) is 4.98 Å². The number of carbonyl (C=O) groups excluding carboxylic acids is 1. The van der Waals surface area contributed by atoms with Crippen molar-refractivity contribution in [3.8, 4) is 0 Å². The van der Waals surface area contributed by atoms with Gasteiger partial charge in [0.25, 0.3) is 5.56 Å². The molecule has 0 radical (unpaired) electrons. The molecule has 4 rings (SSSR count). The molecule has 0 aliphatic carbocycles. The van der Waals surface area contributed by atoms with E-state index in [1.54, 1.807) is 24.3 Å². The fourth-order valence-electron chi connectivity index (χ4n) is 4.33. The molecule has 0 spiro atoms. The van der Waals surface area contributed by atoms with Gasteiger partial charge in [0.05, 0.1) is 12.1 Å². The van der Waals surface area contributed by atoms with E-state index in [1.807, 2.05) is 34.6 Å². The van der Waals surface area contributed by atoms with Crippen LogP contribution in [-0.4, -0.2) is 37.7 Å². The summed E-state index contributed by atoms with van der Waals surface area (Å²) in [5, 5.41) is 4.53. The Morgan fingerprint density at radius 1 is 1.19 bits per heavy atom. The molecule has 1 saturated heterocycles. The fraction of sp³-hybridized carbons (Fsp3) is 0.409. The van der Waals surface area contributed by atoms with E-state index >= 15 is 0 Å². The number of H-pyrrole nitrogens is 1. The third kappa shape index (κ3) is 4.00. The maximum Gasteiger partial charge on any atom is 0.417 e. The van der Waals surface area contributed by atoms with Crippen molar-refractivity contribution in [2.75, 3.05) is 10.2 Å². The molecule has 2 atom stereocenters. The van der Waals surface area contributed by atoms with Gasteiger partial charge in [-0.25, -0.2) is 19.7 Å². The van der Waals surface area contributed by atoms with Gasteiger partial charge in [0, 0.05) is 21.5 Å². The second-order valence-corrected chi connectivity index (χ2v) is 9.23. The number of hydrogen-bond acceptors (Lipinski definition) is 7. The van der Waals surface area contributed by atoms with Gasteiger partial charge < -0.3 is 15.0 Å². The number of nitrogens with one attached hydrogen (secondary N) is 2. The van der Waals surface area contributed by atoms with Crippen LogP contribution in [0.2, 0.25) is 5.02 Å². The minimum Gasteiger partial charge on any atom is -0.441 e. The zero-order chi connectivity index (χ0) is 23.2. The average Bonchev–Trinajstić information content (AvgIpc) is 2.96. The van der Waals surface area contributed by atoms with Crippen LogP contribution in [0.4, 0.5) is 16.7 Å². The number of aromatic amines is 1. The maximum absolute atomic E-state index is 12.6. The molecule has 1 aromatic carbocycles. The first-order valence-corrected chi connectivity index (χ1v) is 10.7. The first-order valence-electron chi connectivity index (χ1n) is 10.4. The van der Waals surface area contributed by atoms with E-state index in [2.05, 4.69) is 25.3 Å². The van der Waals surface area contributed by atoms with Gasteiger partial charge in [0.2, 0.25) is 11.9 Å². The Kier molecular flexibility index (Phi) is 5.54. The number of hydrogen-bond donors (Lipinski definition) is 2. The molecule has 2 aromatic heterocycles. The van der Waals surface area contributed by atoms with Crippen molar-refractivity contribution in [3.63, 3.8) is 0 Å². The van der Waals surface area contributed by atoms with Crippen LogP contribution in [0.15, 0.2) is 35.4 Å². The summed E-state index contributed by atoms with van der Waals surface area (Å²) >= 11 is 6.09. The van der Waals surface area contributed by atoms with Crippen molar-refractivity contribution in [2.45, 2.75) is 52.3 Å². The van der Waals surface area contributed by atoms with Gasteiger partial charge >= 0.3 is 6.09 Å². The topological polar surface area (TPSA) is 113 Å². The number of fused-ring (bicyclic) bond motifs is 1. The zero-order valence-corrected chi connectivity index (χ0v) is 19.3. The first kappa shape index (κ1) is 22.0. The van der Waals surface area contributed by atoms with Crippen LogP contribution in [0.1, 0.15) is 46.2 Å². The lowest BCUT2D eigenvalue weighted by Crippen LogP contribution is -2.46. The highest BCUT2D eigenvalue weighted by atomic mass is 35.5. The molecule has 0 saturated carbocycles. The van der Waals surface area contributed by atoms with Crippen LogP contribution < -0.4 is 15.8 Å². The quantitative estimate of drug-likeness (QED) is 0.588. The number of pyridine rings is 1. The summed E-state index contributed by atoms with van der Waals surface area (Å²) in [5.41, 5.74) is 0.299. The molecule has 1 unspecified atom stereocenters. The number of halogens is 1. The van der Waals surface area contributed by atoms with Crippen molar-refractivity contribution in [2.24, 2.45) is 5.92 Å². The molecule has 1 aliphatic rings. The highest BCUT2D eigenvalue weighted by Gasteiger charge is 2.51. The second-order valence-electron chi connectivity index (χ2n) is 8.79. The molecule has 3 heterocycles. The summed E-state index contributed by atoms with van der Waals surface area (Å²) in [6.45, 7) is 9.60. The number of anilines is 2. The highest BCUT2D eigenvalue weighted by molar-refractivity contribution is 6.31. The minimum atomic E-state index is -0.682. The Labute approximate surface area is 190 Å². The fourth-order valence-corrected chi connectivity index (χ4v) is 4.51. The van der Waals surface area contributed by atoms with Gasteiger partial charge in [-0.1, -0.05) is 25.4 Å². The molecule has 1 fully saturated rings. The molecule has 168 valence electrons. The number of cyclic esters (lactones) is 1. The maximum atomic E-state index is 12.6. The smallest absolute Gasteiger partial charge is 0.417 e. The van der Waals surface area contributed by atoms with E-state index in [9.17, 15) is 9.59 Å². The van der Waals surface area contributed by atoms with Gasteiger partial charge in [-0.15, -0.1) is 0 Å². The Balaban J connectivity index is 1.63. The molecule has 9 nitrogen and oxygen atoms in total. The van der Waals surface area contributed by atoms with E-state index < -0.39 is 17.7 Å². The summed E-state index contributed by atoms with van der Waals surface area (Å²) in [4.78, 5) is 42.3. The summed E-state index contributed by atoms with van der Waals surface area (Å²) in [6, 6.07) is 6.41. The summed E-state index contributed by atoms with van der Waals surface area (Å²) in [5.74, 6) is 0.558. The van der Waals surface area contributed by atoms with Gasteiger partial charge in [0.15, 0.2) is 0 Å². The zero-order valence-electron chi connectivity index (χ0n) is 18.5. The number of carbonyl (C=O) groups is 1. The van der Waals surface area contributed by atoms with E-state index in [-0.39, 0.29) is 29.4 Å². The normalized spacial score (nSPS) is 18.8. The van der Waals surface area contributed by atoms with Gasteiger partial charge in [-0.05, 0) is 51.0 Å². The lowest BCUT2D eigenvalue weighted by atomic mass is 9.89. The first-order chi connectivity index (χ1) is 15.1. The average molecular weight is 457 g/mol. The van der Waals surface area contributed by atoms with Crippen LogP contribution in [0.3, 0.4) is 0 Å². The van der Waals surface area contributed by atoms with Crippen LogP contribution in [0, 0.1) is 5.92 Å². The Morgan fingerprint density at radius 2 is 1.94 bits per heavy atom. The number of ether oxygens (including phenoxy) is 1. The third-order valence-corrected chi connectivity index (χ3v) is 5.83. The predicted molar refractivity (Wildman–Crippen MR) is 123 cm³/mol. The van der Waals surface area contributed by atoms with E-state index in [4.69, 9.17) is 16.3 Å². The Bertz CT molecular complexity index is 1240. The van der Waals surface area contributed by atoms with Gasteiger partial charge in [0.1, 0.15) is 11.9 Å². The van der Waals surface area contributed by atoms with Crippen LogP contribution in [0.25, 0.3) is 10.9 Å². The van der Waals surface area contributed by atoms with Crippen LogP contribution in [-0.2, 0) is 4.74 Å². The molecule has 32 heavy (non-hydrogen) atoms. The molecule has 1 amide bonds. The summed E-state index contributed by atoms with van der Waals surface area (Å²) in [7, 11) is 0. The van der Waals surface area contributed by atoms with Crippen molar-refractivity contribution >= 4 is 40.5 Å². The summed E-state index contributed by atoms with van der Waals surface area (Å²) in [6.07, 6.45) is 0.833. The van der Waals surface area contributed by atoms with E-state index in [0.717, 1.165) is 5.39 Å². The molecule has 1 aliphatic heterocycles. The highest BCUT2D eigenvalue weighted by Crippen LogP contribution is 2.36. The van der Waals surface area contributed by atoms with Crippen LogP contribution in [0.5, 0.6) is 0 Å². The number of nitrogens with zero attached hydrogens (tertiary/aromatic N) is 4. The third-order valence-electron chi connectivity index (χ3n) is 5.59. The molecule has 10 heteroatoms. The largest absolute Gasteiger partial charge is 0.441 e. The van der Waals surface area contributed by atoms with E-state index in [0.29, 0.717) is 16.1 Å². The molecule has 0 bridgehead atoms. The van der Waals surface area contributed by atoms with E-state index in [1.165, 1.54) is 11.2 Å². The van der Waals surface area contributed by atoms with Gasteiger partial charge in [-0.3, -0.25) is 4.79 Å². The van der Waals surface area contributed by atoms with Crippen molar-refractivity contribution < 1.29 is 9.53 Å². The molecule has 2 N–H and O–H groups in total. The SMILES string of the molecule is CC(C)C1N(c2ncnc(N[C@@H](C)c3cc4cc(Cl)ccc4[nH]c3=O)n2)C(=O)OC1(C)C. The second kappa shape index (κ2) is 8.05. The monoisotopic (exact) mass is 456 g/mol. The van der Waals surface area contributed by atoms with Crippen molar-refractivity contribution in [3.05, 3.63) is 51.5 Å². The minimum absolute atomic E-state index is 0.117. The van der Waals surface area contributed by atoms with Crippen LogP contribution >= 0.6 is 11.6 Å². The number of benzene rings is 1. The number of amides is 1. The number of aromatic nitrogens is 4. The molecular weight excluding hydrogens is 432 g/mol. The molecule has 3 aromatic rings. The Hall–Kier alpha value is -3.20. The van der Waals surface area contributed by atoms with Crippen molar-refractivity contribution in [1.82, 2.24) is 19.9 Å². The van der Waals surface area contributed by atoms with Crippen molar-refractivity contribution in [1.29, 1.82) is 0 Å². The lowest BCUT2D eigenvalue weighted by molar-refractivity contribution is 0.0592.